The van der Waals surface area contributed by atoms with Crippen LogP contribution >= 0.6 is 11.6 Å². The summed E-state index contributed by atoms with van der Waals surface area (Å²) in [7, 11) is 0. The molecule has 1 aromatic carbocycles. The molecule has 0 saturated heterocycles. The molecule has 0 radical (unpaired) electrons. The van der Waals surface area contributed by atoms with E-state index in [0.717, 1.165) is 19.3 Å². The second kappa shape index (κ2) is 4.96. The number of anilines is 2. The molecule has 1 fully saturated rings. The van der Waals surface area contributed by atoms with E-state index in [4.69, 9.17) is 17.3 Å². The van der Waals surface area contributed by atoms with Gasteiger partial charge in [-0.2, -0.15) is 0 Å². The van der Waals surface area contributed by atoms with Crippen molar-refractivity contribution in [2.45, 2.75) is 26.2 Å². The zero-order valence-corrected chi connectivity index (χ0v) is 10.6. The number of nitrogens with two attached hydrogens (primary N) is 1. The van der Waals surface area contributed by atoms with Crippen molar-refractivity contribution in [2.24, 2.45) is 11.8 Å². The van der Waals surface area contributed by atoms with E-state index in [1.807, 2.05) is 0 Å². The van der Waals surface area contributed by atoms with Crippen LogP contribution in [0.4, 0.5) is 11.4 Å². The highest BCUT2D eigenvalue weighted by Crippen LogP contribution is 2.32. The van der Waals surface area contributed by atoms with Crippen molar-refractivity contribution >= 4 is 28.9 Å². The third-order valence-electron chi connectivity index (χ3n) is 3.47. The molecule has 1 amide bonds. The Morgan fingerprint density at radius 1 is 1.47 bits per heavy atom. The molecule has 1 saturated carbocycles. The van der Waals surface area contributed by atoms with Crippen molar-refractivity contribution in [3.8, 4) is 0 Å². The van der Waals surface area contributed by atoms with Crippen molar-refractivity contribution in [2.75, 3.05) is 11.1 Å². The Bertz CT molecular complexity index is 433. The van der Waals surface area contributed by atoms with Gasteiger partial charge in [0.05, 0.1) is 10.7 Å². The molecule has 0 spiro atoms. The normalized spacial score (nSPS) is 23.6. The minimum absolute atomic E-state index is 0.0934. The smallest absolute Gasteiger partial charge is 0.227 e. The van der Waals surface area contributed by atoms with Gasteiger partial charge in [-0.3, -0.25) is 4.79 Å². The Hall–Kier alpha value is -1.22. The van der Waals surface area contributed by atoms with Crippen molar-refractivity contribution in [1.82, 2.24) is 0 Å². The zero-order valence-electron chi connectivity index (χ0n) is 9.87. The summed E-state index contributed by atoms with van der Waals surface area (Å²) >= 11 is 5.91. The average molecular weight is 253 g/mol. The highest BCUT2D eigenvalue weighted by Gasteiger charge is 2.29. The minimum atomic E-state index is 0.0934. The van der Waals surface area contributed by atoms with Gasteiger partial charge in [0.25, 0.3) is 0 Å². The topological polar surface area (TPSA) is 55.1 Å². The summed E-state index contributed by atoms with van der Waals surface area (Å²) in [6.45, 7) is 2.13. The maximum atomic E-state index is 12.0. The monoisotopic (exact) mass is 252 g/mol. The molecule has 2 atom stereocenters. The summed E-state index contributed by atoms with van der Waals surface area (Å²) in [5.41, 5.74) is 6.86. The third kappa shape index (κ3) is 2.72. The fourth-order valence-corrected chi connectivity index (χ4v) is 2.56. The predicted molar refractivity (Wildman–Crippen MR) is 71.0 cm³/mol. The average Bonchev–Trinajstić information content (AvgIpc) is 2.70. The maximum absolute atomic E-state index is 12.0. The Kier molecular flexibility index (Phi) is 3.57. The molecule has 3 nitrogen and oxygen atoms in total. The molecule has 3 N–H and O–H groups in total. The van der Waals surface area contributed by atoms with Gasteiger partial charge in [0, 0.05) is 11.6 Å². The van der Waals surface area contributed by atoms with Crippen LogP contribution in [0.3, 0.4) is 0 Å². The number of nitrogens with one attached hydrogen (secondary N) is 1. The number of rotatable bonds is 2. The molecule has 2 unspecified atom stereocenters. The van der Waals surface area contributed by atoms with E-state index in [0.29, 0.717) is 22.3 Å². The molecule has 2 rings (SSSR count). The molecule has 4 heteroatoms. The summed E-state index contributed by atoms with van der Waals surface area (Å²) in [6, 6.07) is 5.17. The highest BCUT2D eigenvalue weighted by molar-refractivity contribution is 6.33. The lowest BCUT2D eigenvalue weighted by Gasteiger charge is -2.15. The van der Waals surface area contributed by atoms with Crippen LogP contribution in [0.5, 0.6) is 0 Å². The van der Waals surface area contributed by atoms with Crippen molar-refractivity contribution in [3.05, 3.63) is 23.2 Å². The molecular formula is C13H17ClN2O. The largest absolute Gasteiger partial charge is 0.398 e. The van der Waals surface area contributed by atoms with Gasteiger partial charge in [-0.15, -0.1) is 0 Å². The highest BCUT2D eigenvalue weighted by atomic mass is 35.5. The number of benzene rings is 1. The first-order chi connectivity index (χ1) is 8.08. The molecule has 1 aliphatic rings. The van der Waals surface area contributed by atoms with Crippen molar-refractivity contribution in [3.63, 3.8) is 0 Å². The first kappa shape index (κ1) is 12.2. The second-order valence-electron chi connectivity index (χ2n) is 4.74. The van der Waals surface area contributed by atoms with Crippen LogP contribution in [0.1, 0.15) is 26.2 Å². The van der Waals surface area contributed by atoms with Gasteiger partial charge in [0.1, 0.15) is 0 Å². The van der Waals surface area contributed by atoms with E-state index >= 15 is 0 Å². The molecule has 0 aromatic heterocycles. The summed E-state index contributed by atoms with van der Waals surface area (Å²) in [4.78, 5) is 12.0. The molecular weight excluding hydrogens is 236 g/mol. The van der Waals surface area contributed by atoms with E-state index in [1.54, 1.807) is 18.2 Å². The van der Waals surface area contributed by atoms with Gasteiger partial charge >= 0.3 is 0 Å². The Morgan fingerprint density at radius 2 is 2.24 bits per heavy atom. The van der Waals surface area contributed by atoms with E-state index in [2.05, 4.69) is 12.2 Å². The van der Waals surface area contributed by atoms with Crippen LogP contribution in [0, 0.1) is 11.8 Å². The van der Waals surface area contributed by atoms with Crippen LogP contribution in [0.15, 0.2) is 18.2 Å². The first-order valence-corrected chi connectivity index (χ1v) is 6.31. The predicted octanol–water partition coefficient (Wildman–Crippen LogP) is 3.30. The third-order valence-corrected chi connectivity index (χ3v) is 3.79. The Labute approximate surface area is 106 Å². The summed E-state index contributed by atoms with van der Waals surface area (Å²) in [5.74, 6) is 0.696. The Morgan fingerprint density at radius 3 is 2.82 bits per heavy atom. The molecule has 0 heterocycles. The molecule has 1 aromatic rings. The van der Waals surface area contributed by atoms with Crippen LogP contribution in [0.25, 0.3) is 0 Å². The van der Waals surface area contributed by atoms with Gasteiger partial charge in [-0.05, 0) is 37.0 Å². The summed E-state index contributed by atoms with van der Waals surface area (Å²) < 4.78 is 0. The minimum Gasteiger partial charge on any atom is -0.398 e. The standard InChI is InChI=1S/C13H17ClN2O/c1-8-3-2-4-10(8)13(17)16-9-5-6-12(15)11(14)7-9/h5-8,10H,2-4,15H2,1H3,(H,16,17). The van der Waals surface area contributed by atoms with Crippen LogP contribution < -0.4 is 11.1 Å². The quantitative estimate of drug-likeness (QED) is 0.794. The molecule has 0 aliphatic heterocycles. The van der Waals surface area contributed by atoms with Crippen LogP contribution in [-0.4, -0.2) is 5.91 Å². The lowest BCUT2D eigenvalue weighted by Crippen LogP contribution is -2.24. The van der Waals surface area contributed by atoms with Crippen LogP contribution in [-0.2, 0) is 4.79 Å². The van der Waals surface area contributed by atoms with Gasteiger partial charge in [0.15, 0.2) is 0 Å². The van der Waals surface area contributed by atoms with E-state index in [9.17, 15) is 4.79 Å². The number of halogens is 1. The molecule has 1 aliphatic carbocycles. The van der Waals surface area contributed by atoms with Gasteiger partial charge in [-0.1, -0.05) is 24.9 Å². The van der Waals surface area contributed by atoms with Crippen molar-refractivity contribution in [1.29, 1.82) is 0 Å². The van der Waals surface area contributed by atoms with Gasteiger partial charge in [0.2, 0.25) is 5.91 Å². The summed E-state index contributed by atoms with van der Waals surface area (Å²) in [6.07, 6.45) is 3.26. The van der Waals surface area contributed by atoms with Crippen molar-refractivity contribution < 1.29 is 4.79 Å². The maximum Gasteiger partial charge on any atom is 0.227 e. The fourth-order valence-electron chi connectivity index (χ4n) is 2.37. The van der Waals surface area contributed by atoms with E-state index in [-0.39, 0.29) is 11.8 Å². The summed E-state index contributed by atoms with van der Waals surface area (Å²) in [5, 5.41) is 3.38. The van der Waals surface area contributed by atoms with Gasteiger partial charge < -0.3 is 11.1 Å². The second-order valence-corrected chi connectivity index (χ2v) is 5.15. The number of amides is 1. The fraction of sp³-hybridized carbons (Fsp3) is 0.462. The number of nitrogen functional groups attached to an aromatic ring is 1. The zero-order chi connectivity index (χ0) is 12.4. The SMILES string of the molecule is CC1CCCC1C(=O)Nc1ccc(N)c(Cl)c1. The molecule has 0 bridgehead atoms. The number of hydrogen-bond acceptors (Lipinski definition) is 2. The molecule has 17 heavy (non-hydrogen) atoms. The number of carbonyl (C=O) groups excluding carboxylic acids is 1. The number of hydrogen-bond donors (Lipinski definition) is 2. The Balaban J connectivity index is 2.05. The van der Waals surface area contributed by atoms with E-state index in [1.165, 1.54) is 0 Å². The first-order valence-electron chi connectivity index (χ1n) is 5.94. The van der Waals surface area contributed by atoms with E-state index < -0.39 is 0 Å². The number of carbonyl (C=O) groups is 1. The van der Waals surface area contributed by atoms with Gasteiger partial charge in [-0.25, -0.2) is 0 Å². The molecule has 92 valence electrons. The lowest BCUT2D eigenvalue weighted by molar-refractivity contribution is -0.120. The van der Waals surface area contributed by atoms with Crippen LogP contribution in [0.2, 0.25) is 5.02 Å². The lowest BCUT2D eigenvalue weighted by atomic mass is 9.97.